The first-order valence-electron chi connectivity index (χ1n) is 5.06. The lowest BCUT2D eigenvalue weighted by Crippen LogP contribution is -2.26. The van der Waals surface area contributed by atoms with Crippen molar-refractivity contribution in [2.24, 2.45) is 0 Å². The van der Waals surface area contributed by atoms with Gasteiger partial charge in [-0.15, -0.1) is 0 Å². The molecule has 2 rings (SSSR count). The Hall–Kier alpha value is -2.17. The first-order valence-corrected chi connectivity index (χ1v) is 5.06. The maximum Gasteiger partial charge on any atom is 0.323 e. The Bertz CT molecular complexity index is 571. The van der Waals surface area contributed by atoms with Crippen LogP contribution >= 0.6 is 0 Å². The van der Waals surface area contributed by atoms with E-state index in [-0.39, 0.29) is 12.4 Å². The molecule has 0 spiro atoms. The number of halogens is 1. The molecular weight excluding hydrogens is 223 g/mol. The Kier molecular flexibility index (Phi) is 2.91. The normalized spacial score (nSPS) is 10.5. The number of nitrogens with zero attached hydrogens (tertiary/aromatic N) is 2. The summed E-state index contributed by atoms with van der Waals surface area (Å²) in [6, 6.07) is 6.24. The van der Waals surface area contributed by atoms with Gasteiger partial charge < -0.3 is 10.0 Å². The molecule has 0 aliphatic heterocycles. The summed E-state index contributed by atoms with van der Waals surface area (Å²) in [5, 5.41) is 9.78. The maximum absolute atomic E-state index is 13.5. The highest BCUT2D eigenvalue weighted by Crippen LogP contribution is 2.25. The number of hydrogen-bond acceptors (Lipinski definition) is 3. The van der Waals surface area contributed by atoms with Crippen LogP contribution in [0.25, 0.3) is 10.8 Å². The monoisotopic (exact) mass is 234 g/mol. The molecule has 0 bridgehead atoms. The second kappa shape index (κ2) is 4.37. The molecule has 88 valence electrons. The zero-order valence-electron chi connectivity index (χ0n) is 9.22. The highest BCUT2D eigenvalue weighted by atomic mass is 19.1. The van der Waals surface area contributed by atoms with Crippen LogP contribution in [-0.4, -0.2) is 29.7 Å². The predicted molar refractivity (Wildman–Crippen MR) is 62.6 cm³/mol. The second-order valence-electron chi connectivity index (χ2n) is 3.72. The summed E-state index contributed by atoms with van der Waals surface area (Å²) in [7, 11) is 1.61. The molecule has 2 aromatic rings. The van der Waals surface area contributed by atoms with Crippen molar-refractivity contribution in [3.8, 4) is 0 Å². The molecule has 0 saturated heterocycles. The molecule has 1 aromatic carbocycles. The molecule has 0 atom stereocenters. The molecule has 5 heteroatoms. The van der Waals surface area contributed by atoms with E-state index in [9.17, 15) is 9.18 Å². The Balaban J connectivity index is 2.54. The van der Waals surface area contributed by atoms with Gasteiger partial charge in [-0.3, -0.25) is 4.79 Å². The van der Waals surface area contributed by atoms with Crippen LogP contribution in [0.1, 0.15) is 0 Å². The van der Waals surface area contributed by atoms with Crippen molar-refractivity contribution >= 4 is 22.6 Å². The van der Waals surface area contributed by atoms with Gasteiger partial charge in [-0.1, -0.05) is 12.1 Å². The number of hydrogen-bond donors (Lipinski definition) is 1. The number of benzene rings is 1. The topological polar surface area (TPSA) is 53.4 Å². The number of carboxylic acid groups (broad SMARTS) is 1. The van der Waals surface area contributed by atoms with E-state index in [1.165, 1.54) is 17.2 Å². The minimum atomic E-state index is -0.956. The molecule has 1 heterocycles. The predicted octanol–water partition coefficient (Wildman–Crippen LogP) is 1.89. The largest absolute Gasteiger partial charge is 0.480 e. The molecular formula is C12H11FN2O2. The van der Waals surface area contributed by atoms with E-state index in [0.717, 1.165) is 0 Å². The van der Waals surface area contributed by atoms with Crippen LogP contribution in [-0.2, 0) is 4.79 Å². The van der Waals surface area contributed by atoms with Crippen LogP contribution in [0.2, 0.25) is 0 Å². The highest BCUT2D eigenvalue weighted by Gasteiger charge is 2.11. The van der Waals surface area contributed by atoms with Crippen molar-refractivity contribution in [3.63, 3.8) is 0 Å². The lowest BCUT2D eigenvalue weighted by molar-refractivity contribution is -0.135. The van der Waals surface area contributed by atoms with E-state index >= 15 is 0 Å². The van der Waals surface area contributed by atoms with Crippen molar-refractivity contribution in [1.29, 1.82) is 0 Å². The molecule has 0 unspecified atom stereocenters. The van der Waals surface area contributed by atoms with Gasteiger partial charge in [0, 0.05) is 24.0 Å². The van der Waals surface area contributed by atoms with Gasteiger partial charge in [-0.2, -0.15) is 0 Å². The Morgan fingerprint density at radius 1 is 1.41 bits per heavy atom. The van der Waals surface area contributed by atoms with Gasteiger partial charge in [-0.25, -0.2) is 9.37 Å². The molecule has 0 aliphatic rings. The highest BCUT2D eigenvalue weighted by molar-refractivity contribution is 5.93. The lowest BCUT2D eigenvalue weighted by atomic mass is 10.1. The first-order chi connectivity index (χ1) is 8.09. The van der Waals surface area contributed by atoms with Crippen LogP contribution in [0.15, 0.2) is 30.5 Å². The van der Waals surface area contributed by atoms with Crippen molar-refractivity contribution in [3.05, 3.63) is 36.3 Å². The number of fused-ring (bicyclic) bond motifs is 1. The molecule has 17 heavy (non-hydrogen) atoms. The van der Waals surface area contributed by atoms with Crippen LogP contribution in [0, 0.1) is 5.82 Å². The summed E-state index contributed by atoms with van der Waals surface area (Å²) >= 11 is 0. The van der Waals surface area contributed by atoms with E-state index in [4.69, 9.17) is 5.11 Å². The summed E-state index contributed by atoms with van der Waals surface area (Å²) in [5.74, 6) is -0.831. The third kappa shape index (κ3) is 2.18. The van der Waals surface area contributed by atoms with Crippen LogP contribution in [0.3, 0.4) is 0 Å². The molecule has 0 saturated carbocycles. The molecule has 0 radical (unpaired) electrons. The lowest BCUT2D eigenvalue weighted by Gasteiger charge is -2.17. The second-order valence-corrected chi connectivity index (χ2v) is 3.72. The fraction of sp³-hybridized carbons (Fsp3) is 0.167. The molecule has 4 nitrogen and oxygen atoms in total. The maximum atomic E-state index is 13.5. The van der Waals surface area contributed by atoms with Crippen LogP contribution in [0.5, 0.6) is 0 Å². The van der Waals surface area contributed by atoms with E-state index < -0.39 is 5.97 Å². The van der Waals surface area contributed by atoms with Gasteiger partial charge in [0.2, 0.25) is 0 Å². The van der Waals surface area contributed by atoms with Crippen molar-refractivity contribution in [2.75, 3.05) is 18.5 Å². The molecule has 0 fully saturated rings. The van der Waals surface area contributed by atoms with Gasteiger partial charge >= 0.3 is 5.97 Å². The van der Waals surface area contributed by atoms with Gasteiger partial charge in [0.15, 0.2) is 0 Å². The fourth-order valence-corrected chi connectivity index (χ4v) is 1.74. The first kappa shape index (κ1) is 11.3. The van der Waals surface area contributed by atoms with Gasteiger partial charge in [0.1, 0.15) is 18.2 Å². The number of likely N-dealkylation sites (N-methyl/N-ethyl adjacent to an activating group) is 1. The Morgan fingerprint density at radius 2 is 2.18 bits per heavy atom. The fourth-order valence-electron chi connectivity index (χ4n) is 1.74. The number of carbonyl (C=O) groups is 1. The molecule has 0 aliphatic carbocycles. The van der Waals surface area contributed by atoms with E-state index in [0.29, 0.717) is 16.6 Å². The number of anilines is 1. The summed E-state index contributed by atoms with van der Waals surface area (Å²) in [6.45, 7) is -0.178. The smallest absolute Gasteiger partial charge is 0.323 e. The quantitative estimate of drug-likeness (QED) is 0.881. The Labute approximate surface area is 97.3 Å². The summed E-state index contributed by atoms with van der Waals surface area (Å²) in [5.41, 5.74) is 0. The van der Waals surface area contributed by atoms with E-state index in [1.54, 1.807) is 25.2 Å². The van der Waals surface area contributed by atoms with E-state index in [1.807, 2.05) is 0 Å². The number of carboxylic acids is 1. The zero-order valence-corrected chi connectivity index (χ0v) is 9.22. The molecule has 1 N–H and O–H groups in total. The van der Waals surface area contributed by atoms with Gasteiger partial charge in [0.05, 0.1) is 0 Å². The van der Waals surface area contributed by atoms with Crippen molar-refractivity contribution < 1.29 is 14.3 Å². The third-order valence-corrected chi connectivity index (χ3v) is 2.47. The third-order valence-electron chi connectivity index (χ3n) is 2.47. The van der Waals surface area contributed by atoms with Gasteiger partial charge in [0.25, 0.3) is 0 Å². The van der Waals surface area contributed by atoms with E-state index in [2.05, 4.69) is 4.98 Å². The van der Waals surface area contributed by atoms with Gasteiger partial charge in [-0.05, 0) is 12.1 Å². The number of aromatic nitrogens is 1. The Morgan fingerprint density at radius 3 is 2.88 bits per heavy atom. The average Bonchev–Trinajstić information content (AvgIpc) is 2.28. The number of rotatable bonds is 3. The SMILES string of the molecule is CN(CC(=O)O)c1nccc2c(F)cccc12. The minimum absolute atomic E-state index is 0.178. The minimum Gasteiger partial charge on any atom is -0.480 e. The molecule has 1 aromatic heterocycles. The van der Waals surface area contributed by atoms with Crippen LogP contribution < -0.4 is 4.90 Å². The summed E-state index contributed by atoms with van der Waals surface area (Å²) in [6.07, 6.45) is 1.47. The number of pyridine rings is 1. The van der Waals surface area contributed by atoms with Crippen molar-refractivity contribution in [2.45, 2.75) is 0 Å². The average molecular weight is 234 g/mol. The van der Waals surface area contributed by atoms with Crippen molar-refractivity contribution in [1.82, 2.24) is 4.98 Å². The summed E-state index contributed by atoms with van der Waals surface area (Å²) in [4.78, 5) is 16.2. The standard InChI is InChI=1S/C12H11FN2O2/c1-15(7-11(16)17)12-9-3-2-4-10(13)8(9)5-6-14-12/h2-6H,7H2,1H3,(H,16,17). The zero-order chi connectivity index (χ0) is 12.4. The number of aliphatic carboxylic acids is 1. The summed E-state index contributed by atoms with van der Waals surface area (Å²) < 4.78 is 13.5. The van der Waals surface area contributed by atoms with Crippen LogP contribution in [0.4, 0.5) is 10.2 Å². The molecule has 0 amide bonds.